The summed E-state index contributed by atoms with van der Waals surface area (Å²) in [5.41, 5.74) is 7.99. The molecule has 0 bridgehead atoms. The molecule has 98 valence electrons. The van der Waals surface area contributed by atoms with Crippen LogP contribution in [0, 0.1) is 16.7 Å². The summed E-state index contributed by atoms with van der Waals surface area (Å²) in [4.78, 5) is 11.6. The minimum absolute atomic E-state index is 0.264. The summed E-state index contributed by atoms with van der Waals surface area (Å²) in [6.45, 7) is 0. The molecule has 0 aromatic heterocycles. The third-order valence-corrected chi connectivity index (χ3v) is 2.34. The van der Waals surface area contributed by atoms with Crippen molar-refractivity contribution in [3.05, 3.63) is 28.8 Å². The van der Waals surface area contributed by atoms with Crippen LogP contribution in [0.4, 0.5) is 5.69 Å². The maximum atomic E-state index is 11.6. The van der Waals surface area contributed by atoms with Crippen molar-refractivity contribution in [3.8, 4) is 6.07 Å². The number of carbonyl (C=O) groups excluding carboxylic acids is 1. The molecule has 0 radical (unpaired) electrons. The predicted octanol–water partition coefficient (Wildman–Crippen LogP) is 0.927. The lowest BCUT2D eigenvalue weighted by molar-refractivity contribution is 0.0964. The molecule has 0 spiro atoms. The van der Waals surface area contributed by atoms with Crippen LogP contribution in [0.5, 0.6) is 0 Å². The fourth-order valence-corrected chi connectivity index (χ4v) is 1.37. The van der Waals surface area contributed by atoms with E-state index in [4.69, 9.17) is 28.0 Å². The first-order valence-electron chi connectivity index (χ1n) is 5.09. The molecule has 0 unspecified atom stereocenters. The third kappa shape index (κ3) is 3.69. The molecule has 0 aliphatic rings. The van der Waals surface area contributed by atoms with Crippen LogP contribution in [0.1, 0.15) is 10.4 Å². The molecule has 8 heteroatoms. The molecule has 1 aromatic rings. The van der Waals surface area contributed by atoms with Crippen molar-refractivity contribution in [1.29, 1.82) is 10.7 Å². The lowest BCUT2D eigenvalue weighted by atomic mass is 10.1. The number of nitrogens with zero attached hydrogens (tertiary/aromatic N) is 2. The zero-order chi connectivity index (χ0) is 14.4. The van der Waals surface area contributed by atoms with Crippen molar-refractivity contribution < 1.29 is 4.79 Å². The predicted molar refractivity (Wildman–Crippen MR) is 73.4 cm³/mol. The minimum atomic E-state index is -0.467. The van der Waals surface area contributed by atoms with Crippen LogP contribution in [0.15, 0.2) is 23.3 Å². The Bertz CT molecular complexity index is 589. The molecule has 5 N–H and O–H groups in total. The first-order chi connectivity index (χ1) is 8.99. The maximum absolute atomic E-state index is 11.6. The lowest BCUT2D eigenvalue weighted by Crippen LogP contribution is -2.23. The number of nitrogens with two attached hydrogens (primary N) is 1. The van der Waals surface area contributed by atoms with Crippen LogP contribution in [0.3, 0.4) is 0 Å². The number of amides is 1. The second kappa shape index (κ2) is 6.37. The highest BCUT2D eigenvalue weighted by Gasteiger charge is 2.11. The van der Waals surface area contributed by atoms with E-state index in [9.17, 15) is 4.79 Å². The SMILES string of the molecule is CNC(=O)c1cc(Cl)ccc1N/N=C(\C#N)C(=N)N. The Morgan fingerprint density at radius 3 is 2.79 bits per heavy atom. The van der Waals surface area contributed by atoms with E-state index < -0.39 is 5.84 Å². The summed E-state index contributed by atoms with van der Waals surface area (Å²) < 4.78 is 0. The van der Waals surface area contributed by atoms with Gasteiger partial charge in [-0.25, -0.2) is 0 Å². The van der Waals surface area contributed by atoms with E-state index in [0.29, 0.717) is 10.7 Å². The number of hydrogen-bond donors (Lipinski definition) is 4. The normalized spacial score (nSPS) is 10.5. The summed E-state index contributed by atoms with van der Waals surface area (Å²) in [6, 6.07) is 6.21. The van der Waals surface area contributed by atoms with Crippen molar-refractivity contribution >= 4 is 34.7 Å². The number of anilines is 1. The van der Waals surface area contributed by atoms with Crippen molar-refractivity contribution in [1.82, 2.24) is 5.32 Å². The average molecular weight is 279 g/mol. The van der Waals surface area contributed by atoms with Gasteiger partial charge in [0.1, 0.15) is 6.07 Å². The van der Waals surface area contributed by atoms with E-state index in [1.54, 1.807) is 12.1 Å². The van der Waals surface area contributed by atoms with Gasteiger partial charge in [-0.15, -0.1) is 0 Å². The molecule has 0 fully saturated rings. The Balaban J connectivity index is 3.12. The van der Waals surface area contributed by atoms with Crippen LogP contribution >= 0.6 is 11.6 Å². The van der Waals surface area contributed by atoms with E-state index >= 15 is 0 Å². The molecule has 1 amide bonds. The van der Waals surface area contributed by atoms with Gasteiger partial charge in [0.15, 0.2) is 5.84 Å². The van der Waals surface area contributed by atoms with Gasteiger partial charge in [-0.05, 0) is 18.2 Å². The van der Waals surface area contributed by atoms with Crippen LogP contribution in [0.2, 0.25) is 5.02 Å². The smallest absolute Gasteiger partial charge is 0.253 e. The average Bonchev–Trinajstić information content (AvgIpc) is 2.39. The minimum Gasteiger partial charge on any atom is -0.382 e. The molecule has 1 rings (SSSR count). The first-order valence-corrected chi connectivity index (χ1v) is 5.47. The topological polar surface area (TPSA) is 127 Å². The number of halogens is 1. The molecule has 19 heavy (non-hydrogen) atoms. The Morgan fingerprint density at radius 2 is 2.26 bits per heavy atom. The van der Waals surface area contributed by atoms with Gasteiger partial charge in [0.2, 0.25) is 5.71 Å². The molecule has 0 saturated heterocycles. The number of nitrogens with one attached hydrogen (secondary N) is 3. The maximum Gasteiger partial charge on any atom is 0.253 e. The van der Waals surface area contributed by atoms with Crippen molar-refractivity contribution in [2.75, 3.05) is 12.5 Å². The van der Waals surface area contributed by atoms with Crippen molar-refractivity contribution in [2.45, 2.75) is 0 Å². The highest BCUT2D eigenvalue weighted by atomic mass is 35.5. The molecule has 7 nitrogen and oxygen atoms in total. The molecule has 0 saturated carbocycles. The molecular formula is C11H11ClN6O. The number of rotatable bonds is 4. The fraction of sp³-hybridized carbons (Fsp3) is 0.0909. The van der Waals surface area contributed by atoms with Gasteiger partial charge in [0.05, 0.1) is 11.3 Å². The van der Waals surface area contributed by atoms with E-state index in [0.717, 1.165) is 0 Å². The molecule has 0 aliphatic heterocycles. The Labute approximate surface area is 114 Å². The van der Waals surface area contributed by atoms with Crippen molar-refractivity contribution in [2.24, 2.45) is 10.8 Å². The van der Waals surface area contributed by atoms with Crippen LogP contribution < -0.4 is 16.5 Å². The van der Waals surface area contributed by atoms with Gasteiger partial charge in [-0.3, -0.25) is 15.6 Å². The summed E-state index contributed by atoms with van der Waals surface area (Å²) in [5, 5.41) is 22.3. The largest absolute Gasteiger partial charge is 0.382 e. The quantitative estimate of drug-likeness (QED) is 0.371. The Kier molecular flexibility index (Phi) is 4.85. The monoisotopic (exact) mass is 278 g/mol. The summed E-state index contributed by atoms with van der Waals surface area (Å²) in [7, 11) is 1.48. The van der Waals surface area contributed by atoms with Crippen LogP contribution in [-0.4, -0.2) is 24.5 Å². The number of nitriles is 1. The van der Waals surface area contributed by atoms with E-state index in [1.807, 2.05) is 0 Å². The van der Waals surface area contributed by atoms with Gasteiger partial charge in [0, 0.05) is 12.1 Å². The van der Waals surface area contributed by atoms with Gasteiger partial charge in [-0.1, -0.05) is 11.6 Å². The first kappa shape index (κ1) is 14.5. The van der Waals surface area contributed by atoms with Gasteiger partial charge in [0.25, 0.3) is 5.91 Å². The van der Waals surface area contributed by atoms with Crippen molar-refractivity contribution in [3.63, 3.8) is 0 Å². The van der Waals surface area contributed by atoms with E-state index in [2.05, 4.69) is 15.8 Å². The van der Waals surface area contributed by atoms with Crippen LogP contribution in [0.25, 0.3) is 0 Å². The molecule has 1 aromatic carbocycles. The summed E-state index contributed by atoms with van der Waals surface area (Å²) in [5.74, 6) is -0.827. The third-order valence-electron chi connectivity index (χ3n) is 2.10. The highest BCUT2D eigenvalue weighted by Crippen LogP contribution is 2.20. The molecule has 0 heterocycles. The van der Waals surface area contributed by atoms with Gasteiger partial charge >= 0.3 is 0 Å². The summed E-state index contributed by atoms with van der Waals surface area (Å²) in [6.07, 6.45) is 0. The molecule has 0 aliphatic carbocycles. The van der Waals surface area contributed by atoms with E-state index in [1.165, 1.54) is 19.2 Å². The van der Waals surface area contributed by atoms with Crippen LogP contribution in [-0.2, 0) is 0 Å². The fourth-order valence-electron chi connectivity index (χ4n) is 1.20. The Morgan fingerprint density at radius 1 is 1.58 bits per heavy atom. The zero-order valence-electron chi connectivity index (χ0n) is 9.99. The second-order valence-corrected chi connectivity index (χ2v) is 3.80. The highest BCUT2D eigenvalue weighted by molar-refractivity contribution is 6.45. The van der Waals surface area contributed by atoms with E-state index in [-0.39, 0.29) is 17.2 Å². The number of hydrogen-bond acceptors (Lipinski definition) is 5. The number of benzene rings is 1. The summed E-state index contributed by atoms with van der Waals surface area (Å²) >= 11 is 5.81. The number of hydrazone groups is 1. The lowest BCUT2D eigenvalue weighted by Gasteiger charge is -2.08. The molecule has 0 atom stereocenters. The van der Waals surface area contributed by atoms with Gasteiger partial charge < -0.3 is 11.1 Å². The molecular weight excluding hydrogens is 268 g/mol. The standard InChI is InChI=1S/C11H11ClN6O/c1-16-11(19)7-4-6(12)2-3-8(7)17-18-9(5-13)10(14)15/h2-4,17H,1H3,(H3,14,15)(H,16,19)/b18-9+. The second-order valence-electron chi connectivity index (χ2n) is 3.37. The Hall–Kier alpha value is -2.59. The van der Waals surface area contributed by atoms with Gasteiger partial charge in [-0.2, -0.15) is 10.4 Å². The number of carbonyl (C=O) groups is 1. The zero-order valence-corrected chi connectivity index (χ0v) is 10.7. The number of amidine groups is 1.